The average Bonchev–Trinajstić information content (AvgIpc) is 2.83. The maximum absolute atomic E-state index is 11.3. The van der Waals surface area contributed by atoms with Gasteiger partial charge in [-0.05, 0) is 31.2 Å². The number of hydrogen-bond donors (Lipinski definition) is 1. The van der Waals surface area contributed by atoms with Crippen molar-refractivity contribution in [3.05, 3.63) is 59.4 Å². The van der Waals surface area contributed by atoms with Crippen molar-refractivity contribution < 1.29 is 14.6 Å². The quantitative estimate of drug-likeness (QED) is 0.803. The first-order valence-electron chi connectivity index (χ1n) is 6.92. The van der Waals surface area contributed by atoms with E-state index in [-0.39, 0.29) is 5.56 Å². The minimum absolute atomic E-state index is 0.245. The van der Waals surface area contributed by atoms with Crippen LogP contribution in [0, 0.1) is 6.92 Å². The van der Waals surface area contributed by atoms with E-state index in [1.54, 1.807) is 0 Å². The van der Waals surface area contributed by atoms with Crippen LogP contribution in [-0.4, -0.2) is 20.6 Å². The number of aromatic nitrogens is 2. The molecule has 112 valence electrons. The second-order valence-electron chi connectivity index (χ2n) is 5.19. The van der Waals surface area contributed by atoms with Gasteiger partial charge >= 0.3 is 5.97 Å². The van der Waals surface area contributed by atoms with Crippen LogP contribution in [0.25, 0.3) is 11.0 Å². The first-order chi connectivity index (χ1) is 10.6. The molecule has 0 amide bonds. The molecule has 1 N–H and O–H groups in total. The molecule has 0 saturated heterocycles. The number of ether oxygens (including phenoxy) is 1. The summed E-state index contributed by atoms with van der Waals surface area (Å²) >= 11 is 0. The maximum atomic E-state index is 11.3. The van der Waals surface area contributed by atoms with Crippen LogP contribution in [0.4, 0.5) is 0 Å². The van der Waals surface area contributed by atoms with Crippen molar-refractivity contribution in [2.45, 2.75) is 13.5 Å². The Hall–Kier alpha value is -2.82. The van der Waals surface area contributed by atoms with Gasteiger partial charge in [-0.25, -0.2) is 4.79 Å². The molecular weight excluding hydrogens is 280 g/mol. The summed E-state index contributed by atoms with van der Waals surface area (Å²) in [7, 11) is 1.82. The second kappa shape index (κ2) is 5.52. The van der Waals surface area contributed by atoms with Crippen molar-refractivity contribution in [3.8, 4) is 5.75 Å². The molecule has 3 rings (SSSR count). The number of hydrogen-bond acceptors (Lipinski definition) is 3. The fourth-order valence-corrected chi connectivity index (χ4v) is 2.43. The fourth-order valence-electron chi connectivity index (χ4n) is 2.43. The predicted molar refractivity (Wildman–Crippen MR) is 83.2 cm³/mol. The summed E-state index contributed by atoms with van der Waals surface area (Å²) in [4.78, 5) is 15.5. The van der Waals surface area contributed by atoms with E-state index in [1.165, 1.54) is 17.8 Å². The Morgan fingerprint density at radius 1 is 1.27 bits per heavy atom. The summed E-state index contributed by atoms with van der Waals surface area (Å²) in [5.41, 5.74) is 3.56. The summed E-state index contributed by atoms with van der Waals surface area (Å²) in [5.74, 6) is -0.179. The van der Waals surface area contributed by atoms with Gasteiger partial charge in [0.15, 0.2) is 0 Å². The molecule has 1 aromatic carbocycles. The SMILES string of the molecule is Cc1ccc(OCc2cc3nccc(C(=O)O)c3n2C)cc1. The Morgan fingerprint density at radius 3 is 2.68 bits per heavy atom. The number of carboxylic acids is 1. The molecule has 22 heavy (non-hydrogen) atoms. The van der Waals surface area contributed by atoms with Crippen LogP contribution >= 0.6 is 0 Å². The first kappa shape index (κ1) is 14.1. The van der Waals surface area contributed by atoms with Crippen molar-refractivity contribution in [1.82, 2.24) is 9.55 Å². The van der Waals surface area contributed by atoms with Crippen LogP contribution in [0.1, 0.15) is 21.6 Å². The summed E-state index contributed by atoms with van der Waals surface area (Å²) in [6.07, 6.45) is 1.51. The van der Waals surface area contributed by atoms with E-state index in [0.717, 1.165) is 11.4 Å². The van der Waals surface area contributed by atoms with Gasteiger partial charge in [-0.1, -0.05) is 17.7 Å². The molecule has 0 fully saturated rings. The molecule has 3 aromatic rings. The topological polar surface area (TPSA) is 64.3 Å². The van der Waals surface area contributed by atoms with Crippen molar-refractivity contribution >= 4 is 17.0 Å². The van der Waals surface area contributed by atoms with Gasteiger partial charge in [0.2, 0.25) is 0 Å². The molecule has 0 unspecified atom stereocenters. The zero-order chi connectivity index (χ0) is 15.7. The zero-order valence-corrected chi connectivity index (χ0v) is 12.4. The monoisotopic (exact) mass is 296 g/mol. The van der Waals surface area contributed by atoms with E-state index >= 15 is 0 Å². The number of aryl methyl sites for hydroxylation is 2. The molecule has 0 aliphatic heterocycles. The van der Waals surface area contributed by atoms with E-state index in [2.05, 4.69) is 4.98 Å². The molecule has 0 bridgehead atoms. The van der Waals surface area contributed by atoms with Crippen molar-refractivity contribution in [1.29, 1.82) is 0 Å². The lowest BCUT2D eigenvalue weighted by atomic mass is 10.2. The van der Waals surface area contributed by atoms with Gasteiger partial charge in [0.25, 0.3) is 0 Å². The zero-order valence-electron chi connectivity index (χ0n) is 12.4. The van der Waals surface area contributed by atoms with Gasteiger partial charge < -0.3 is 14.4 Å². The normalized spacial score (nSPS) is 10.8. The molecule has 0 aliphatic rings. The first-order valence-corrected chi connectivity index (χ1v) is 6.92. The number of rotatable bonds is 4. The maximum Gasteiger partial charge on any atom is 0.337 e. The summed E-state index contributed by atoms with van der Waals surface area (Å²) < 4.78 is 7.58. The van der Waals surface area contributed by atoms with E-state index in [4.69, 9.17) is 4.74 Å². The number of carbonyl (C=O) groups is 1. The third-order valence-corrected chi connectivity index (χ3v) is 3.66. The number of benzene rings is 1. The molecule has 0 aliphatic carbocycles. The van der Waals surface area contributed by atoms with Gasteiger partial charge in [-0.15, -0.1) is 0 Å². The second-order valence-corrected chi connectivity index (χ2v) is 5.19. The molecule has 0 atom stereocenters. The van der Waals surface area contributed by atoms with Gasteiger partial charge in [0.1, 0.15) is 12.4 Å². The minimum atomic E-state index is -0.959. The highest BCUT2D eigenvalue weighted by atomic mass is 16.5. The number of nitrogens with zero attached hydrogens (tertiary/aromatic N) is 2. The van der Waals surface area contributed by atoms with E-state index in [9.17, 15) is 9.90 Å². The molecule has 2 heterocycles. The number of carboxylic acid groups (broad SMARTS) is 1. The lowest BCUT2D eigenvalue weighted by Gasteiger charge is -2.08. The fraction of sp³-hybridized carbons (Fsp3) is 0.176. The summed E-state index contributed by atoms with van der Waals surface area (Å²) in [5, 5.41) is 9.28. The van der Waals surface area contributed by atoms with Crippen molar-refractivity contribution in [2.24, 2.45) is 7.05 Å². The highest BCUT2D eigenvalue weighted by molar-refractivity contribution is 6.01. The highest BCUT2D eigenvalue weighted by Gasteiger charge is 2.15. The Balaban J connectivity index is 1.91. The predicted octanol–water partition coefficient (Wildman–Crippen LogP) is 3.16. The van der Waals surface area contributed by atoms with Gasteiger partial charge in [0, 0.05) is 13.2 Å². The molecule has 0 spiro atoms. The van der Waals surface area contributed by atoms with Gasteiger partial charge in [-0.2, -0.15) is 0 Å². The standard InChI is InChI=1S/C17H16N2O3/c1-11-3-5-13(6-4-11)22-10-12-9-15-16(19(12)2)14(17(20)21)7-8-18-15/h3-9H,10H2,1-2H3,(H,20,21). The van der Waals surface area contributed by atoms with Gasteiger partial charge in [0.05, 0.1) is 22.3 Å². The van der Waals surface area contributed by atoms with Crippen LogP contribution in [0.3, 0.4) is 0 Å². The summed E-state index contributed by atoms with van der Waals surface area (Å²) in [6.45, 7) is 2.38. The lowest BCUT2D eigenvalue weighted by Crippen LogP contribution is -2.05. The molecule has 2 aromatic heterocycles. The number of fused-ring (bicyclic) bond motifs is 1. The average molecular weight is 296 g/mol. The molecule has 0 radical (unpaired) electrons. The Bertz CT molecular complexity index is 835. The smallest absolute Gasteiger partial charge is 0.337 e. The van der Waals surface area contributed by atoms with Crippen LogP contribution in [0.15, 0.2) is 42.6 Å². The van der Waals surface area contributed by atoms with Gasteiger partial charge in [-0.3, -0.25) is 4.98 Å². The largest absolute Gasteiger partial charge is 0.487 e. The van der Waals surface area contributed by atoms with Crippen molar-refractivity contribution in [2.75, 3.05) is 0 Å². The number of aromatic carboxylic acids is 1. The third-order valence-electron chi connectivity index (χ3n) is 3.66. The summed E-state index contributed by atoms with van der Waals surface area (Å²) in [6, 6.07) is 11.2. The van der Waals surface area contributed by atoms with E-state index < -0.39 is 5.97 Å². The molecule has 5 nitrogen and oxygen atoms in total. The van der Waals surface area contributed by atoms with Crippen LogP contribution in [-0.2, 0) is 13.7 Å². The highest BCUT2D eigenvalue weighted by Crippen LogP contribution is 2.22. The third kappa shape index (κ3) is 2.53. The number of pyridine rings is 1. The van der Waals surface area contributed by atoms with Crippen LogP contribution in [0.5, 0.6) is 5.75 Å². The minimum Gasteiger partial charge on any atom is -0.487 e. The van der Waals surface area contributed by atoms with E-state index in [1.807, 2.05) is 48.9 Å². The Labute approximate surface area is 127 Å². The Morgan fingerprint density at radius 2 is 2.00 bits per heavy atom. The molecule has 0 saturated carbocycles. The lowest BCUT2D eigenvalue weighted by molar-refractivity contribution is 0.0698. The molecular formula is C17H16N2O3. The van der Waals surface area contributed by atoms with Crippen LogP contribution in [0.2, 0.25) is 0 Å². The van der Waals surface area contributed by atoms with Crippen molar-refractivity contribution in [3.63, 3.8) is 0 Å². The molecule has 5 heteroatoms. The van der Waals surface area contributed by atoms with Crippen LogP contribution < -0.4 is 4.74 Å². The van der Waals surface area contributed by atoms with E-state index in [0.29, 0.717) is 17.6 Å². The Kier molecular flexibility index (Phi) is 3.55.